The minimum absolute atomic E-state index is 0.420. The van der Waals surface area contributed by atoms with Crippen molar-refractivity contribution in [3.8, 4) is 17.4 Å². The van der Waals surface area contributed by atoms with Gasteiger partial charge in [0.15, 0.2) is 0 Å². The van der Waals surface area contributed by atoms with E-state index in [1.54, 1.807) is 19.2 Å². The van der Waals surface area contributed by atoms with Crippen LogP contribution in [0.15, 0.2) is 30.6 Å². The van der Waals surface area contributed by atoms with Gasteiger partial charge in [0.2, 0.25) is 5.88 Å². The summed E-state index contributed by atoms with van der Waals surface area (Å²) >= 11 is 0. The zero-order valence-electron chi connectivity index (χ0n) is 9.68. The van der Waals surface area contributed by atoms with Crippen molar-refractivity contribution in [3.05, 3.63) is 36.2 Å². The fourth-order valence-electron chi connectivity index (χ4n) is 1.31. The van der Waals surface area contributed by atoms with Crippen molar-refractivity contribution in [1.82, 2.24) is 9.97 Å². The van der Waals surface area contributed by atoms with Crippen LogP contribution >= 0.6 is 0 Å². The van der Waals surface area contributed by atoms with Gasteiger partial charge < -0.3 is 15.2 Å². The summed E-state index contributed by atoms with van der Waals surface area (Å²) in [7, 11) is 1.62. The summed E-state index contributed by atoms with van der Waals surface area (Å²) in [6.07, 6.45) is 1.38. The molecule has 0 saturated heterocycles. The fourth-order valence-corrected chi connectivity index (χ4v) is 1.31. The summed E-state index contributed by atoms with van der Waals surface area (Å²) in [6, 6.07) is 7.23. The van der Waals surface area contributed by atoms with Crippen molar-refractivity contribution in [3.63, 3.8) is 0 Å². The highest BCUT2D eigenvalue weighted by atomic mass is 16.5. The summed E-state index contributed by atoms with van der Waals surface area (Å²) in [5.41, 5.74) is 6.39. The molecule has 5 heteroatoms. The number of methoxy groups -OCH3 is 1. The SMILES string of the molecule is COc1ccc(Oc2ncnc(N)c2C)cc1. The lowest BCUT2D eigenvalue weighted by Crippen LogP contribution is -1.98. The number of anilines is 1. The minimum Gasteiger partial charge on any atom is -0.497 e. The Morgan fingerprint density at radius 3 is 2.35 bits per heavy atom. The van der Waals surface area contributed by atoms with E-state index in [2.05, 4.69) is 9.97 Å². The maximum Gasteiger partial charge on any atom is 0.227 e. The van der Waals surface area contributed by atoms with Crippen molar-refractivity contribution in [2.45, 2.75) is 6.92 Å². The number of hydrogen-bond acceptors (Lipinski definition) is 5. The fraction of sp³-hybridized carbons (Fsp3) is 0.167. The molecule has 1 aromatic heterocycles. The first kappa shape index (κ1) is 11.2. The molecular weight excluding hydrogens is 218 g/mol. The third-order valence-corrected chi connectivity index (χ3v) is 2.35. The van der Waals surface area contributed by atoms with Gasteiger partial charge in [0.1, 0.15) is 23.6 Å². The average molecular weight is 231 g/mol. The van der Waals surface area contributed by atoms with Crippen LogP contribution in [-0.2, 0) is 0 Å². The molecule has 0 aliphatic heterocycles. The van der Waals surface area contributed by atoms with E-state index in [1.807, 2.05) is 19.1 Å². The highest BCUT2D eigenvalue weighted by Crippen LogP contribution is 2.25. The van der Waals surface area contributed by atoms with Crippen LogP contribution in [0.3, 0.4) is 0 Å². The Kier molecular flexibility index (Phi) is 3.09. The molecule has 88 valence electrons. The van der Waals surface area contributed by atoms with Gasteiger partial charge in [-0.2, -0.15) is 0 Å². The van der Waals surface area contributed by atoms with E-state index in [9.17, 15) is 0 Å². The molecule has 1 aromatic carbocycles. The Morgan fingerprint density at radius 2 is 1.71 bits per heavy atom. The van der Waals surface area contributed by atoms with E-state index in [0.717, 1.165) is 11.3 Å². The Labute approximate surface area is 99.2 Å². The lowest BCUT2D eigenvalue weighted by Gasteiger charge is -2.08. The number of nitrogens with zero attached hydrogens (tertiary/aromatic N) is 2. The second kappa shape index (κ2) is 4.69. The summed E-state index contributed by atoms with van der Waals surface area (Å²) in [6.45, 7) is 1.81. The van der Waals surface area contributed by atoms with Gasteiger partial charge in [0, 0.05) is 0 Å². The first-order valence-electron chi connectivity index (χ1n) is 5.09. The van der Waals surface area contributed by atoms with Gasteiger partial charge in [-0.25, -0.2) is 9.97 Å². The average Bonchev–Trinajstić information content (AvgIpc) is 2.36. The Bertz CT molecular complexity index is 512. The van der Waals surface area contributed by atoms with E-state index in [1.165, 1.54) is 6.33 Å². The van der Waals surface area contributed by atoms with Crippen LogP contribution in [0.2, 0.25) is 0 Å². The first-order valence-corrected chi connectivity index (χ1v) is 5.09. The smallest absolute Gasteiger partial charge is 0.227 e. The minimum atomic E-state index is 0.420. The Balaban J connectivity index is 2.22. The normalized spacial score (nSPS) is 10.0. The molecule has 0 fully saturated rings. The molecule has 0 unspecified atom stereocenters. The van der Waals surface area contributed by atoms with Crippen molar-refractivity contribution in [2.75, 3.05) is 12.8 Å². The molecule has 0 aliphatic carbocycles. The molecule has 1 heterocycles. The van der Waals surface area contributed by atoms with Crippen molar-refractivity contribution in [2.24, 2.45) is 0 Å². The topological polar surface area (TPSA) is 70.3 Å². The molecule has 0 spiro atoms. The van der Waals surface area contributed by atoms with Crippen LogP contribution in [-0.4, -0.2) is 17.1 Å². The van der Waals surface area contributed by atoms with Crippen LogP contribution in [0.25, 0.3) is 0 Å². The number of ether oxygens (including phenoxy) is 2. The predicted molar refractivity (Wildman–Crippen MR) is 64.2 cm³/mol. The number of aromatic nitrogens is 2. The van der Waals surface area contributed by atoms with Gasteiger partial charge in [-0.1, -0.05) is 0 Å². The monoisotopic (exact) mass is 231 g/mol. The summed E-state index contributed by atoms with van der Waals surface area (Å²) in [4.78, 5) is 7.91. The lowest BCUT2D eigenvalue weighted by molar-refractivity contribution is 0.412. The van der Waals surface area contributed by atoms with Crippen LogP contribution < -0.4 is 15.2 Å². The summed E-state index contributed by atoms with van der Waals surface area (Å²) in [5, 5.41) is 0. The molecule has 0 aliphatic rings. The molecule has 0 radical (unpaired) electrons. The Hall–Kier alpha value is -2.30. The van der Waals surface area contributed by atoms with Crippen LogP contribution in [0, 0.1) is 6.92 Å². The maximum absolute atomic E-state index is 5.67. The molecule has 2 rings (SSSR count). The zero-order chi connectivity index (χ0) is 12.3. The van der Waals surface area contributed by atoms with E-state index in [-0.39, 0.29) is 0 Å². The third kappa shape index (κ3) is 2.44. The Morgan fingerprint density at radius 1 is 1.06 bits per heavy atom. The molecule has 0 amide bonds. The van der Waals surface area contributed by atoms with Gasteiger partial charge in [0.05, 0.1) is 12.7 Å². The number of rotatable bonds is 3. The largest absolute Gasteiger partial charge is 0.497 e. The number of nitrogen functional groups attached to an aromatic ring is 1. The van der Waals surface area contributed by atoms with Crippen molar-refractivity contribution >= 4 is 5.82 Å². The molecule has 2 N–H and O–H groups in total. The predicted octanol–water partition coefficient (Wildman–Crippen LogP) is 2.17. The van der Waals surface area contributed by atoms with Gasteiger partial charge >= 0.3 is 0 Å². The molecule has 0 bridgehead atoms. The van der Waals surface area contributed by atoms with Gasteiger partial charge in [-0.15, -0.1) is 0 Å². The molecule has 0 atom stereocenters. The van der Waals surface area contributed by atoms with Crippen molar-refractivity contribution < 1.29 is 9.47 Å². The number of hydrogen-bond donors (Lipinski definition) is 1. The standard InChI is InChI=1S/C12H13N3O2/c1-8-11(13)14-7-15-12(8)17-10-5-3-9(16-2)4-6-10/h3-7H,1-2H3,(H2,13,14,15). The van der Waals surface area contributed by atoms with Crippen LogP contribution in [0.5, 0.6) is 17.4 Å². The zero-order valence-corrected chi connectivity index (χ0v) is 9.68. The van der Waals surface area contributed by atoms with E-state index < -0.39 is 0 Å². The molecule has 2 aromatic rings. The summed E-state index contributed by atoms with van der Waals surface area (Å²) in [5.74, 6) is 2.33. The first-order chi connectivity index (χ1) is 8.20. The van der Waals surface area contributed by atoms with Crippen molar-refractivity contribution in [1.29, 1.82) is 0 Å². The number of benzene rings is 1. The van der Waals surface area contributed by atoms with Crippen LogP contribution in [0.4, 0.5) is 5.82 Å². The van der Waals surface area contributed by atoms with Gasteiger partial charge in [-0.3, -0.25) is 0 Å². The second-order valence-corrected chi connectivity index (χ2v) is 3.47. The highest BCUT2D eigenvalue weighted by molar-refractivity contribution is 5.45. The van der Waals surface area contributed by atoms with E-state index in [0.29, 0.717) is 17.4 Å². The second-order valence-electron chi connectivity index (χ2n) is 3.47. The molecule has 17 heavy (non-hydrogen) atoms. The maximum atomic E-state index is 5.67. The molecular formula is C12H13N3O2. The third-order valence-electron chi connectivity index (χ3n) is 2.35. The van der Waals surface area contributed by atoms with E-state index >= 15 is 0 Å². The number of nitrogens with two attached hydrogens (primary N) is 1. The molecule has 0 saturated carbocycles. The lowest BCUT2D eigenvalue weighted by atomic mass is 10.3. The summed E-state index contributed by atoms with van der Waals surface area (Å²) < 4.78 is 10.7. The highest BCUT2D eigenvalue weighted by Gasteiger charge is 2.06. The van der Waals surface area contributed by atoms with Crippen LogP contribution in [0.1, 0.15) is 5.56 Å². The van der Waals surface area contributed by atoms with E-state index in [4.69, 9.17) is 15.2 Å². The van der Waals surface area contributed by atoms with Gasteiger partial charge in [0.25, 0.3) is 0 Å². The molecule has 5 nitrogen and oxygen atoms in total. The van der Waals surface area contributed by atoms with Gasteiger partial charge in [-0.05, 0) is 31.2 Å². The quantitative estimate of drug-likeness (QED) is 0.876.